The number of nitrogens with zero attached hydrogens (tertiary/aromatic N) is 2. The van der Waals surface area contributed by atoms with E-state index in [-0.39, 0.29) is 111 Å². The molecule has 1 amide bonds. The molecule has 0 fully saturated rings. The summed E-state index contributed by atoms with van der Waals surface area (Å²) in [5.41, 5.74) is 3.90. The maximum absolute atomic E-state index is 14.8. The summed E-state index contributed by atoms with van der Waals surface area (Å²) >= 11 is 6.03. The van der Waals surface area contributed by atoms with Crippen LogP contribution in [0.15, 0.2) is 65.7 Å². The van der Waals surface area contributed by atoms with Crippen LogP contribution >= 0.6 is 19.4 Å². The zero-order valence-corrected chi connectivity index (χ0v) is 29.2. The first kappa shape index (κ1) is 37.9. The van der Waals surface area contributed by atoms with Gasteiger partial charge < -0.3 is 39.4 Å². The summed E-state index contributed by atoms with van der Waals surface area (Å²) in [7, 11) is -5.40. The summed E-state index contributed by atoms with van der Waals surface area (Å²) in [6, 6.07) is 9.36. The zero-order chi connectivity index (χ0) is 30.6. The number of nitrogens with one attached hydrogen (secondary N) is 1. The smallest absolute Gasteiger partial charge is 0.790 e. The summed E-state index contributed by atoms with van der Waals surface area (Å²) in [6.45, 7) is 0.811. The molecule has 4 aromatic rings. The Balaban J connectivity index is 0.00000337. The third-order valence-electron chi connectivity index (χ3n) is 5.56. The predicted molar refractivity (Wildman–Crippen MR) is 144 cm³/mol. The van der Waals surface area contributed by atoms with Crippen molar-refractivity contribution < 1.29 is 101 Å². The van der Waals surface area contributed by atoms with Crippen molar-refractivity contribution >= 4 is 36.8 Å². The Hall–Kier alpha value is -2.33. The molecule has 0 saturated heterocycles. The third-order valence-corrected chi connectivity index (χ3v) is 6.38. The van der Waals surface area contributed by atoms with Crippen molar-refractivity contribution in [2.75, 3.05) is 17.7 Å². The number of benzene rings is 2. The molecule has 220 valence electrons. The van der Waals surface area contributed by atoms with E-state index < -0.39 is 43.1 Å². The number of amides is 1. The number of hydrogen-bond acceptors (Lipinski definition) is 10. The van der Waals surface area contributed by atoms with E-state index in [2.05, 4.69) is 14.8 Å². The van der Waals surface area contributed by atoms with Crippen molar-refractivity contribution in [1.29, 1.82) is 0 Å². The average Bonchev–Trinajstić information content (AvgIpc) is 2.92. The largest absolute Gasteiger partial charge is 1.00 e. The van der Waals surface area contributed by atoms with Gasteiger partial charge >= 0.3 is 59.1 Å². The van der Waals surface area contributed by atoms with Gasteiger partial charge in [-0.25, -0.2) is 13.8 Å². The topological polar surface area (TPSA) is 181 Å². The van der Waals surface area contributed by atoms with Crippen LogP contribution in [0.1, 0.15) is 22.8 Å². The van der Waals surface area contributed by atoms with Crippen LogP contribution in [0, 0.1) is 11.6 Å². The Morgan fingerprint density at radius 2 is 1.80 bits per heavy atom. The van der Waals surface area contributed by atoms with Gasteiger partial charge in [-0.1, -0.05) is 11.6 Å². The molecule has 2 aromatic heterocycles. The van der Waals surface area contributed by atoms with Gasteiger partial charge in [0.05, 0.1) is 21.0 Å². The Labute approximate surface area is 298 Å². The Morgan fingerprint density at radius 3 is 2.45 bits per heavy atom. The number of carbonyl (C=O) groups is 1. The summed E-state index contributed by atoms with van der Waals surface area (Å²) < 4.78 is 55.8. The van der Waals surface area contributed by atoms with Gasteiger partial charge in [0.25, 0.3) is 11.5 Å². The molecule has 2 heterocycles. The van der Waals surface area contributed by atoms with Crippen molar-refractivity contribution in [3.8, 4) is 22.9 Å². The number of phosphoric acid groups is 1. The molecule has 0 bridgehead atoms. The van der Waals surface area contributed by atoms with E-state index >= 15 is 0 Å². The second kappa shape index (κ2) is 16.3. The van der Waals surface area contributed by atoms with E-state index in [0.717, 1.165) is 22.8 Å². The molecule has 12 nitrogen and oxygen atoms in total. The van der Waals surface area contributed by atoms with Gasteiger partial charge in [-0.05, 0) is 43.3 Å². The van der Waals surface area contributed by atoms with E-state index in [1.807, 2.05) is 0 Å². The molecule has 3 N–H and O–H groups in total. The van der Waals surface area contributed by atoms with E-state index in [1.165, 1.54) is 42.7 Å². The zero-order valence-electron chi connectivity index (χ0n) is 23.5. The SMILES string of the molecule is CCOc1ccn(-c2ccc(F)c(COP(=O)([O-])[O-])c2)c(=O)c1C(=O)Nc1ccc(Oc2ccnc(N)c2Cl)c(F)c1.[Na+].[Na+]. The second-order valence-corrected chi connectivity index (χ2v) is 9.90. The van der Waals surface area contributed by atoms with Crippen molar-refractivity contribution in [2.24, 2.45) is 0 Å². The molecule has 0 saturated carbocycles. The minimum absolute atomic E-state index is 0. The maximum atomic E-state index is 14.8. The van der Waals surface area contributed by atoms with E-state index in [1.54, 1.807) is 6.92 Å². The van der Waals surface area contributed by atoms with Gasteiger partial charge in [0.15, 0.2) is 17.3 Å². The van der Waals surface area contributed by atoms with Crippen LogP contribution in [0.3, 0.4) is 0 Å². The van der Waals surface area contributed by atoms with Crippen LogP contribution in [0.4, 0.5) is 20.3 Å². The number of halogens is 3. The van der Waals surface area contributed by atoms with Crippen LogP contribution in [-0.2, 0) is 15.7 Å². The van der Waals surface area contributed by atoms with Crippen LogP contribution in [-0.4, -0.2) is 22.1 Å². The summed E-state index contributed by atoms with van der Waals surface area (Å²) in [5.74, 6) is -3.02. The molecule has 4 rings (SSSR count). The molecule has 18 heteroatoms. The first-order valence-electron chi connectivity index (χ1n) is 11.9. The molecule has 0 aliphatic heterocycles. The van der Waals surface area contributed by atoms with Crippen molar-refractivity contribution in [3.05, 3.63) is 99.1 Å². The molecule has 0 atom stereocenters. The number of hydrogen-bond donors (Lipinski definition) is 2. The van der Waals surface area contributed by atoms with Gasteiger partial charge in [-0.3, -0.25) is 14.2 Å². The van der Waals surface area contributed by atoms with Gasteiger partial charge in [-0.2, -0.15) is 0 Å². The van der Waals surface area contributed by atoms with Crippen molar-refractivity contribution in [2.45, 2.75) is 13.5 Å². The van der Waals surface area contributed by atoms with Gasteiger partial charge in [-0.15, -0.1) is 0 Å². The molecule has 44 heavy (non-hydrogen) atoms. The average molecular weight is 667 g/mol. The van der Waals surface area contributed by atoms with Crippen LogP contribution in [0.25, 0.3) is 5.69 Å². The van der Waals surface area contributed by atoms with Crippen LogP contribution in [0.2, 0.25) is 5.02 Å². The third kappa shape index (κ3) is 9.35. The number of nitrogens with two attached hydrogens (primary N) is 1. The number of pyridine rings is 2. The number of anilines is 2. The minimum atomic E-state index is -5.40. The second-order valence-electron chi connectivity index (χ2n) is 8.37. The Morgan fingerprint density at radius 1 is 1.07 bits per heavy atom. The number of nitrogen functional groups attached to an aromatic ring is 1. The molecular formula is C26H20ClF2N4Na2O8P. The normalized spacial score (nSPS) is 10.8. The van der Waals surface area contributed by atoms with Crippen molar-refractivity contribution in [3.63, 3.8) is 0 Å². The minimum Gasteiger partial charge on any atom is -0.790 e. The summed E-state index contributed by atoms with van der Waals surface area (Å²) in [6.07, 6.45) is 2.57. The number of ether oxygens (including phenoxy) is 2. The molecular weight excluding hydrogens is 647 g/mol. The quantitative estimate of drug-likeness (QED) is 0.136. The van der Waals surface area contributed by atoms with Crippen LogP contribution < -0.4 is 95.0 Å². The van der Waals surface area contributed by atoms with Gasteiger partial charge in [0, 0.05) is 41.5 Å². The van der Waals surface area contributed by atoms with E-state index in [0.29, 0.717) is 0 Å². The number of phosphoric ester groups is 1. The molecule has 0 radical (unpaired) electrons. The number of carbonyl (C=O) groups excluding carboxylic acids is 1. The molecule has 0 unspecified atom stereocenters. The van der Waals surface area contributed by atoms with Crippen molar-refractivity contribution in [1.82, 2.24) is 9.55 Å². The first-order chi connectivity index (χ1) is 19.9. The molecule has 2 aromatic carbocycles. The number of aromatic nitrogens is 2. The summed E-state index contributed by atoms with van der Waals surface area (Å²) in [5, 5.41) is 2.40. The van der Waals surface area contributed by atoms with Gasteiger partial charge in [0.2, 0.25) is 0 Å². The maximum Gasteiger partial charge on any atom is 1.00 e. The fourth-order valence-electron chi connectivity index (χ4n) is 3.67. The van der Waals surface area contributed by atoms with E-state index in [9.17, 15) is 32.7 Å². The fraction of sp³-hybridized carbons (Fsp3) is 0.115. The standard InChI is InChI=1S/C26H22ClF2N4O8P.2Na/c1-2-39-20-8-10-33(16-4-5-17(28)14(11-16)13-40-42(36,37)38)26(35)22(20)25(34)32-15-3-6-19(18(29)12-15)41-21-7-9-31-24(30)23(21)27;;/h3-12H,2,13H2,1H3,(H2,30,31)(H,32,34)(H2,36,37,38);;/q;2*+1/p-2. The Bertz CT molecular complexity index is 1780. The predicted octanol–water partition coefficient (Wildman–Crippen LogP) is -2.46. The van der Waals surface area contributed by atoms with E-state index in [4.69, 9.17) is 26.8 Å². The number of rotatable bonds is 10. The molecule has 0 spiro atoms. The molecule has 0 aliphatic carbocycles. The molecule has 0 aliphatic rings. The first-order valence-corrected chi connectivity index (χ1v) is 13.7. The Kier molecular flexibility index (Phi) is 14.0. The monoisotopic (exact) mass is 666 g/mol. The fourth-order valence-corrected chi connectivity index (χ4v) is 4.12. The van der Waals surface area contributed by atoms with Crippen LogP contribution in [0.5, 0.6) is 17.2 Å². The summed E-state index contributed by atoms with van der Waals surface area (Å²) in [4.78, 5) is 52.1. The van der Waals surface area contributed by atoms with Gasteiger partial charge in [0.1, 0.15) is 28.0 Å².